The summed E-state index contributed by atoms with van der Waals surface area (Å²) in [5.41, 5.74) is 1.00. The van der Waals surface area contributed by atoms with Crippen molar-refractivity contribution in [3.63, 3.8) is 0 Å². The Balaban J connectivity index is 2.39. The molecule has 0 aliphatic carbocycles. The number of carboxylic acids is 1. The molecule has 0 saturated heterocycles. The molecule has 2 amide bonds. The first-order valence-corrected chi connectivity index (χ1v) is 6.69. The first-order valence-electron chi connectivity index (χ1n) is 6.69. The van der Waals surface area contributed by atoms with Crippen molar-refractivity contribution in [2.24, 2.45) is 13.0 Å². The number of carbonyl (C=O) groups excluding carboxylic acids is 1. The Hall–Kier alpha value is -2.05. The monoisotopic (exact) mass is 282 g/mol. The average molecular weight is 282 g/mol. The Morgan fingerprint density at radius 2 is 2.20 bits per heavy atom. The molecule has 3 N–H and O–H groups in total. The van der Waals surface area contributed by atoms with E-state index < -0.39 is 18.0 Å². The molecule has 1 aromatic rings. The van der Waals surface area contributed by atoms with Gasteiger partial charge in [-0.25, -0.2) is 9.59 Å². The van der Waals surface area contributed by atoms with Gasteiger partial charge in [0, 0.05) is 31.9 Å². The summed E-state index contributed by atoms with van der Waals surface area (Å²) in [6.45, 7) is 4.12. The van der Waals surface area contributed by atoms with Gasteiger partial charge in [-0.2, -0.15) is 5.10 Å². The summed E-state index contributed by atoms with van der Waals surface area (Å²) < 4.78 is 1.73. The van der Waals surface area contributed by atoms with Gasteiger partial charge in [-0.05, 0) is 12.0 Å². The summed E-state index contributed by atoms with van der Waals surface area (Å²) in [5, 5.41) is 18.3. The number of nitrogens with one attached hydrogen (secondary N) is 2. The van der Waals surface area contributed by atoms with E-state index in [9.17, 15) is 9.59 Å². The number of urea groups is 1. The highest BCUT2D eigenvalue weighted by Gasteiger charge is 2.24. The van der Waals surface area contributed by atoms with Gasteiger partial charge in [0.1, 0.15) is 6.04 Å². The fourth-order valence-corrected chi connectivity index (χ4v) is 1.83. The molecule has 0 radical (unpaired) electrons. The zero-order chi connectivity index (χ0) is 15.1. The van der Waals surface area contributed by atoms with Gasteiger partial charge in [-0.15, -0.1) is 0 Å². The van der Waals surface area contributed by atoms with Crippen LogP contribution in [0.2, 0.25) is 0 Å². The van der Waals surface area contributed by atoms with Crippen molar-refractivity contribution in [1.29, 1.82) is 0 Å². The van der Waals surface area contributed by atoms with Gasteiger partial charge >= 0.3 is 12.0 Å². The Morgan fingerprint density at radius 3 is 2.70 bits per heavy atom. The second-order valence-corrected chi connectivity index (χ2v) is 4.80. The van der Waals surface area contributed by atoms with Crippen molar-refractivity contribution >= 4 is 12.0 Å². The van der Waals surface area contributed by atoms with Crippen molar-refractivity contribution in [1.82, 2.24) is 20.4 Å². The van der Waals surface area contributed by atoms with Crippen LogP contribution in [-0.4, -0.2) is 39.5 Å². The molecule has 0 aliphatic rings. The van der Waals surface area contributed by atoms with Gasteiger partial charge in [-0.3, -0.25) is 4.68 Å². The molecule has 2 atom stereocenters. The third-order valence-corrected chi connectivity index (χ3v) is 3.35. The van der Waals surface area contributed by atoms with Crippen LogP contribution in [0.25, 0.3) is 0 Å². The minimum Gasteiger partial charge on any atom is -0.480 e. The van der Waals surface area contributed by atoms with Gasteiger partial charge in [0.15, 0.2) is 0 Å². The molecule has 7 heteroatoms. The normalized spacial score (nSPS) is 13.6. The zero-order valence-corrected chi connectivity index (χ0v) is 12.1. The molecule has 0 aromatic carbocycles. The SMILES string of the molecule is CCC(C)[C@H](NC(=O)NCCc1ccnn1C)C(=O)O. The molecule has 112 valence electrons. The molecule has 0 aliphatic heterocycles. The Labute approximate surface area is 118 Å². The summed E-state index contributed by atoms with van der Waals surface area (Å²) in [4.78, 5) is 22.8. The maximum absolute atomic E-state index is 11.7. The molecule has 1 heterocycles. The molecule has 0 saturated carbocycles. The second kappa shape index (κ2) is 7.52. The van der Waals surface area contributed by atoms with Crippen molar-refractivity contribution in [2.75, 3.05) is 6.54 Å². The number of aromatic nitrogens is 2. The lowest BCUT2D eigenvalue weighted by molar-refractivity contribution is -0.140. The number of nitrogens with zero attached hydrogens (tertiary/aromatic N) is 2. The van der Waals surface area contributed by atoms with E-state index in [2.05, 4.69) is 15.7 Å². The quantitative estimate of drug-likeness (QED) is 0.688. The highest BCUT2D eigenvalue weighted by molar-refractivity contribution is 5.82. The maximum atomic E-state index is 11.7. The first kappa shape index (κ1) is 16.0. The summed E-state index contributed by atoms with van der Waals surface area (Å²) in [6, 6.07) is 0.551. The number of carboxylic acid groups (broad SMARTS) is 1. The molecule has 0 fully saturated rings. The largest absolute Gasteiger partial charge is 0.480 e. The van der Waals surface area contributed by atoms with E-state index in [1.54, 1.807) is 17.8 Å². The predicted octanol–water partition coefficient (Wildman–Crippen LogP) is 0.761. The van der Waals surface area contributed by atoms with E-state index in [4.69, 9.17) is 5.11 Å². The van der Waals surface area contributed by atoms with Crippen molar-refractivity contribution in [3.05, 3.63) is 18.0 Å². The minimum atomic E-state index is -1.01. The third-order valence-electron chi connectivity index (χ3n) is 3.35. The van der Waals surface area contributed by atoms with Crippen LogP contribution in [0.1, 0.15) is 26.0 Å². The van der Waals surface area contributed by atoms with Crippen molar-refractivity contribution in [3.8, 4) is 0 Å². The van der Waals surface area contributed by atoms with E-state index in [1.165, 1.54) is 0 Å². The molecule has 0 spiro atoms. The second-order valence-electron chi connectivity index (χ2n) is 4.80. The summed E-state index contributed by atoms with van der Waals surface area (Å²) in [6.07, 6.45) is 3.02. The van der Waals surface area contributed by atoms with Gasteiger partial charge in [0.25, 0.3) is 0 Å². The van der Waals surface area contributed by atoms with Crippen molar-refractivity contribution < 1.29 is 14.7 Å². The maximum Gasteiger partial charge on any atom is 0.326 e. The highest BCUT2D eigenvalue weighted by atomic mass is 16.4. The third kappa shape index (κ3) is 4.56. The summed E-state index contributed by atoms with van der Waals surface area (Å²) in [5.74, 6) is -1.13. The fraction of sp³-hybridized carbons (Fsp3) is 0.615. The smallest absolute Gasteiger partial charge is 0.326 e. The molecule has 1 rings (SSSR count). The molecule has 20 heavy (non-hydrogen) atoms. The fourth-order valence-electron chi connectivity index (χ4n) is 1.83. The standard InChI is InChI=1S/C13H22N4O3/c1-4-9(2)11(12(18)19)16-13(20)14-7-5-10-6-8-15-17(10)3/h6,8-9,11H,4-5,7H2,1-3H3,(H,18,19)(H2,14,16,20)/t9?,11-/m0/s1. The molecule has 1 unspecified atom stereocenters. The van der Waals surface area contributed by atoms with Crippen LogP contribution in [0.5, 0.6) is 0 Å². The number of hydrogen-bond donors (Lipinski definition) is 3. The lowest BCUT2D eigenvalue weighted by Gasteiger charge is -2.20. The summed E-state index contributed by atoms with van der Waals surface area (Å²) >= 11 is 0. The van der Waals surface area contributed by atoms with Gasteiger partial charge in [0.05, 0.1) is 0 Å². The highest BCUT2D eigenvalue weighted by Crippen LogP contribution is 2.07. The number of carbonyl (C=O) groups is 2. The molecule has 1 aromatic heterocycles. The van der Waals surface area contributed by atoms with Crippen LogP contribution in [0.15, 0.2) is 12.3 Å². The van der Waals surface area contributed by atoms with E-state index >= 15 is 0 Å². The Morgan fingerprint density at radius 1 is 1.50 bits per heavy atom. The Bertz CT molecular complexity index is 458. The lowest BCUT2D eigenvalue weighted by Crippen LogP contribution is -2.49. The van der Waals surface area contributed by atoms with Crippen molar-refractivity contribution in [2.45, 2.75) is 32.7 Å². The van der Waals surface area contributed by atoms with E-state index in [-0.39, 0.29) is 5.92 Å². The molecular formula is C13H22N4O3. The first-order chi connectivity index (χ1) is 9.45. The molecular weight excluding hydrogens is 260 g/mol. The van der Waals surface area contributed by atoms with Gasteiger partial charge < -0.3 is 15.7 Å². The predicted molar refractivity (Wildman–Crippen MR) is 74.3 cm³/mol. The van der Waals surface area contributed by atoms with E-state index in [0.29, 0.717) is 19.4 Å². The number of rotatable bonds is 7. The van der Waals surface area contributed by atoms with Crippen LogP contribution in [0, 0.1) is 5.92 Å². The van der Waals surface area contributed by atoms with Crippen LogP contribution >= 0.6 is 0 Å². The van der Waals surface area contributed by atoms with Crippen LogP contribution < -0.4 is 10.6 Å². The number of hydrogen-bond acceptors (Lipinski definition) is 3. The number of aryl methyl sites for hydroxylation is 1. The van der Waals surface area contributed by atoms with E-state index in [0.717, 1.165) is 5.69 Å². The number of amides is 2. The van der Waals surface area contributed by atoms with Crippen LogP contribution in [0.4, 0.5) is 4.79 Å². The van der Waals surface area contributed by atoms with Crippen LogP contribution in [-0.2, 0) is 18.3 Å². The van der Waals surface area contributed by atoms with Gasteiger partial charge in [0.2, 0.25) is 0 Å². The van der Waals surface area contributed by atoms with Crippen LogP contribution in [0.3, 0.4) is 0 Å². The molecule has 7 nitrogen and oxygen atoms in total. The zero-order valence-electron chi connectivity index (χ0n) is 12.1. The summed E-state index contributed by atoms with van der Waals surface area (Å²) in [7, 11) is 1.83. The number of aliphatic carboxylic acids is 1. The van der Waals surface area contributed by atoms with Gasteiger partial charge in [-0.1, -0.05) is 20.3 Å². The minimum absolute atomic E-state index is 0.115. The lowest BCUT2D eigenvalue weighted by atomic mass is 9.99. The Kier molecular flexibility index (Phi) is 6.02. The topological polar surface area (TPSA) is 96.3 Å². The molecule has 0 bridgehead atoms. The van der Waals surface area contributed by atoms with E-state index in [1.807, 2.05) is 20.0 Å². The average Bonchev–Trinajstić information content (AvgIpc) is 2.80.